The Labute approximate surface area is 141 Å². The van der Waals surface area contributed by atoms with Crippen molar-refractivity contribution < 1.29 is 9.53 Å². The quantitative estimate of drug-likeness (QED) is 0.793. The molecule has 0 bridgehead atoms. The third-order valence-electron chi connectivity index (χ3n) is 3.18. The highest BCUT2D eigenvalue weighted by Crippen LogP contribution is 2.07. The van der Waals surface area contributed by atoms with Crippen LogP contribution in [0.4, 0.5) is 10.5 Å². The zero-order chi connectivity index (χ0) is 16.5. The van der Waals surface area contributed by atoms with Gasteiger partial charge in [0.2, 0.25) is 0 Å². The van der Waals surface area contributed by atoms with Gasteiger partial charge in [-0.1, -0.05) is 48.5 Å². The summed E-state index contributed by atoms with van der Waals surface area (Å²) in [6.07, 6.45) is 0.672. The molecular weight excluding hydrogens is 308 g/mol. The number of anilines is 1. The van der Waals surface area contributed by atoms with Crippen molar-refractivity contribution in [2.45, 2.75) is 19.4 Å². The first-order valence-electron chi connectivity index (χ1n) is 7.43. The first kappa shape index (κ1) is 17.0. The monoisotopic (exact) mass is 328 g/mol. The van der Waals surface area contributed by atoms with Crippen LogP contribution in [0.1, 0.15) is 12.5 Å². The molecule has 2 rings (SSSR count). The van der Waals surface area contributed by atoms with Gasteiger partial charge in [-0.3, -0.25) is 0 Å². The van der Waals surface area contributed by atoms with E-state index in [-0.39, 0.29) is 12.1 Å². The van der Waals surface area contributed by atoms with E-state index < -0.39 is 0 Å². The van der Waals surface area contributed by atoms with Crippen LogP contribution in [0, 0.1) is 0 Å². The molecule has 0 heterocycles. The smallest absolute Gasteiger partial charge is 0.319 e. The molecular formula is C18H20N2O2S. The third kappa shape index (κ3) is 6.48. The Hall–Kier alpha value is -2.40. The summed E-state index contributed by atoms with van der Waals surface area (Å²) in [5.74, 6) is 0. The minimum Gasteiger partial charge on any atom is -0.485 e. The Bertz CT molecular complexity index is 632. The average molecular weight is 328 g/mol. The molecule has 0 fully saturated rings. The van der Waals surface area contributed by atoms with Crippen molar-refractivity contribution in [3.8, 4) is 0 Å². The SMILES string of the molecule is CC(=S)OCC(Cc1ccccc1)NC(=O)Nc1ccccc1. The molecule has 4 nitrogen and oxygen atoms in total. The molecule has 0 aliphatic rings. The fourth-order valence-corrected chi connectivity index (χ4v) is 2.21. The van der Waals surface area contributed by atoms with E-state index in [4.69, 9.17) is 17.0 Å². The van der Waals surface area contributed by atoms with E-state index in [0.29, 0.717) is 18.1 Å². The lowest BCUT2D eigenvalue weighted by atomic mass is 10.1. The predicted molar refractivity (Wildman–Crippen MR) is 96.8 cm³/mol. The molecule has 0 spiro atoms. The van der Waals surface area contributed by atoms with Crippen LogP contribution in [0.2, 0.25) is 0 Å². The van der Waals surface area contributed by atoms with E-state index in [0.717, 1.165) is 11.3 Å². The van der Waals surface area contributed by atoms with Gasteiger partial charge in [-0.05, 0) is 36.3 Å². The van der Waals surface area contributed by atoms with E-state index in [2.05, 4.69) is 10.6 Å². The fraction of sp³-hybridized carbons (Fsp3) is 0.222. The number of para-hydroxylation sites is 1. The van der Waals surface area contributed by atoms with Gasteiger partial charge in [0.15, 0.2) is 5.05 Å². The number of nitrogens with one attached hydrogen (secondary N) is 2. The summed E-state index contributed by atoms with van der Waals surface area (Å²) in [6.45, 7) is 2.06. The van der Waals surface area contributed by atoms with Crippen LogP contribution in [0.15, 0.2) is 60.7 Å². The molecule has 23 heavy (non-hydrogen) atoms. The molecule has 0 aliphatic carbocycles. The van der Waals surface area contributed by atoms with Gasteiger partial charge in [0.05, 0.1) is 6.04 Å². The first-order valence-corrected chi connectivity index (χ1v) is 7.84. The van der Waals surface area contributed by atoms with Crippen molar-refractivity contribution in [1.82, 2.24) is 5.32 Å². The van der Waals surface area contributed by atoms with Crippen LogP contribution in [-0.4, -0.2) is 23.7 Å². The Morgan fingerprint density at radius 3 is 2.30 bits per heavy atom. The zero-order valence-electron chi connectivity index (χ0n) is 13.0. The standard InChI is InChI=1S/C18H20N2O2S/c1-14(23)22-13-17(12-15-8-4-2-5-9-15)20-18(21)19-16-10-6-3-7-11-16/h2-11,17H,12-13H2,1H3,(H2,19,20,21). The number of hydrogen-bond donors (Lipinski definition) is 2. The normalized spacial score (nSPS) is 11.3. The number of thiocarbonyl (C=S) groups is 1. The Balaban J connectivity index is 1.95. The van der Waals surface area contributed by atoms with Crippen LogP contribution in [-0.2, 0) is 11.2 Å². The van der Waals surface area contributed by atoms with Crippen LogP contribution in [0.25, 0.3) is 0 Å². The highest BCUT2D eigenvalue weighted by molar-refractivity contribution is 7.80. The maximum atomic E-state index is 12.1. The van der Waals surface area contributed by atoms with Gasteiger partial charge >= 0.3 is 6.03 Å². The number of hydrogen-bond acceptors (Lipinski definition) is 3. The molecule has 0 radical (unpaired) electrons. The van der Waals surface area contributed by atoms with Gasteiger partial charge in [-0.15, -0.1) is 0 Å². The predicted octanol–water partition coefficient (Wildman–Crippen LogP) is 3.78. The minimum absolute atomic E-state index is 0.168. The van der Waals surface area contributed by atoms with Gasteiger partial charge in [-0.25, -0.2) is 4.79 Å². The lowest BCUT2D eigenvalue weighted by molar-refractivity contribution is 0.230. The molecule has 2 aromatic carbocycles. The number of rotatable bonds is 6. The van der Waals surface area contributed by atoms with Crippen molar-refractivity contribution in [2.75, 3.05) is 11.9 Å². The van der Waals surface area contributed by atoms with Crippen molar-refractivity contribution in [3.05, 3.63) is 66.2 Å². The molecule has 2 aromatic rings. The number of amides is 2. The van der Waals surface area contributed by atoms with Gasteiger partial charge in [0.25, 0.3) is 0 Å². The highest BCUT2D eigenvalue weighted by atomic mass is 32.1. The molecule has 0 saturated carbocycles. The largest absolute Gasteiger partial charge is 0.485 e. The van der Waals surface area contributed by atoms with Crippen molar-refractivity contribution in [2.24, 2.45) is 0 Å². The molecule has 0 aliphatic heterocycles. The van der Waals surface area contributed by atoms with Crippen LogP contribution in [0.3, 0.4) is 0 Å². The van der Waals surface area contributed by atoms with Crippen molar-refractivity contribution in [1.29, 1.82) is 0 Å². The summed E-state index contributed by atoms with van der Waals surface area (Å²) in [7, 11) is 0. The Morgan fingerprint density at radius 2 is 1.70 bits per heavy atom. The van der Waals surface area contributed by atoms with E-state index >= 15 is 0 Å². The summed E-state index contributed by atoms with van der Waals surface area (Å²) in [5.41, 5.74) is 1.87. The molecule has 2 amide bonds. The molecule has 0 saturated heterocycles. The lowest BCUT2D eigenvalue weighted by Crippen LogP contribution is -2.42. The maximum absolute atomic E-state index is 12.1. The van der Waals surface area contributed by atoms with Gasteiger partial charge in [0, 0.05) is 12.6 Å². The zero-order valence-corrected chi connectivity index (χ0v) is 13.8. The summed E-state index contributed by atoms with van der Waals surface area (Å²) < 4.78 is 5.42. The topological polar surface area (TPSA) is 50.4 Å². The Morgan fingerprint density at radius 1 is 1.09 bits per heavy atom. The highest BCUT2D eigenvalue weighted by Gasteiger charge is 2.14. The van der Waals surface area contributed by atoms with Gasteiger partial charge in [-0.2, -0.15) is 0 Å². The molecule has 5 heteroatoms. The number of benzene rings is 2. The van der Waals surface area contributed by atoms with Crippen LogP contribution in [0.5, 0.6) is 0 Å². The fourth-order valence-electron chi connectivity index (χ4n) is 2.14. The van der Waals surface area contributed by atoms with Crippen molar-refractivity contribution in [3.63, 3.8) is 0 Å². The molecule has 1 atom stereocenters. The average Bonchev–Trinajstić information content (AvgIpc) is 2.54. The maximum Gasteiger partial charge on any atom is 0.319 e. The third-order valence-corrected chi connectivity index (χ3v) is 3.30. The summed E-state index contributed by atoms with van der Waals surface area (Å²) >= 11 is 4.95. The van der Waals surface area contributed by atoms with Gasteiger partial charge < -0.3 is 15.4 Å². The van der Waals surface area contributed by atoms with Crippen LogP contribution < -0.4 is 10.6 Å². The second-order valence-corrected chi connectivity index (χ2v) is 5.73. The second kappa shape index (κ2) is 8.90. The second-order valence-electron chi connectivity index (χ2n) is 5.15. The Kier molecular flexibility index (Phi) is 6.56. The summed E-state index contributed by atoms with van der Waals surface area (Å²) in [5, 5.41) is 6.21. The lowest BCUT2D eigenvalue weighted by Gasteiger charge is -2.19. The number of ether oxygens (including phenoxy) is 1. The van der Waals surface area contributed by atoms with Gasteiger partial charge in [0.1, 0.15) is 6.61 Å². The van der Waals surface area contributed by atoms with E-state index in [1.54, 1.807) is 6.92 Å². The first-order chi connectivity index (χ1) is 11.1. The van der Waals surface area contributed by atoms with Crippen molar-refractivity contribution >= 4 is 29.0 Å². The number of carbonyl (C=O) groups excluding carboxylic acids is 1. The van der Waals surface area contributed by atoms with E-state index in [9.17, 15) is 4.79 Å². The molecule has 1 unspecified atom stereocenters. The minimum atomic E-state index is -0.261. The molecule has 2 N–H and O–H groups in total. The number of urea groups is 1. The molecule has 0 aromatic heterocycles. The summed E-state index contributed by atoms with van der Waals surface area (Å²) in [4.78, 5) is 12.1. The van der Waals surface area contributed by atoms with Crippen LogP contribution >= 0.6 is 12.2 Å². The summed E-state index contributed by atoms with van der Waals surface area (Å²) in [6, 6.07) is 18.8. The van der Waals surface area contributed by atoms with E-state index in [1.807, 2.05) is 60.7 Å². The number of carbonyl (C=O) groups is 1. The molecule has 120 valence electrons. The van der Waals surface area contributed by atoms with E-state index in [1.165, 1.54) is 0 Å².